The monoisotopic (exact) mass is 1030 g/mol. The third kappa shape index (κ3) is 7.49. The molecule has 16 rings (SSSR count). The Kier molecular flexibility index (Phi) is 10.8. The molecule has 15 aromatic rings. The largest absolute Gasteiger partial charge is 0.309 e. The Labute approximate surface area is 471 Å². The molecular weight excluding hydrogens is 977 g/mol. The third-order valence-corrected chi connectivity index (χ3v) is 17.2. The fraction of sp³-hybridized carbons (Fsp3) is 0.0127. The topological polar surface area (TPSA) is 9.86 Å². The van der Waals surface area contributed by atoms with E-state index in [0.717, 1.165) is 11.4 Å². The van der Waals surface area contributed by atoms with Gasteiger partial charge in [0.2, 0.25) is 0 Å². The van der Waals surface area contributed by atoms with Gasteiger partial charge in [-0.15, -0.1) is 0 Å². The number of benzene rings is 13. The van der Waals surface area contributed by atoms with Gasteiger partial charge < -0.3 is 9.13 Å². The van der Waals surface area contributed by atoms with E-state index in [1.54, 1.807) is 0 Å². The number of para-hydroxylation sites is 2. The summed E-state index contributed by atoms with van der Waals surface area (Å²) < 4.78 is 4.83. The van der Waals surface area contributed by atoms with Gasteiger partial charge in [0.15, 0.2) is 0 Å². The molecule has 2 heterocycles. The van der Waals surface area contributed by atoms with Gasteiger partial charge in [0, 0.05) is 32.9 Å². The van der Waals surface area contributed by atoms with Crippen molar-refractivity contribution in [3.05, 3.63) is 338 Å². The van der Waals surface area contributed by atoms with Crippen molar-refractivity contribution >= 4 is 43.6 Å². The van der Waals surface area contributed by atoms with E-state index in [0.29, 0.717) is 0 Å². The fourth-order valence-corrected chi connectivity index (χ4v) is 13.5. The van der Waals surface area contributed by atoms with Crippen molar-refractivity contribution in [2.45, 2.75) is 5.41 Å². The first-order valence-corrected chi connectivity index (χ1v) is 28.1. The van der Waals surface area contributed by atoms with Gasteiger partial charge in [0.05, 0.1) is 27.5 Å². The Morgan fingerprint density at radius 3 is 1.12 bits per heavy atom. The summed E-state index contributed by atoms with van der Waals surface area (Å²) >= 11 is 0. The van der Waals surface area contributed by atoms with E-state index in [4.69, 9.17) is 0 Å². The quantitative estimate of drug-likeness (QED) is 0.136. The summed E-state index contributed by atoms with van der Waals surface area (Å²) in [6.45, 7) is 0. The summed E-state index contributed by atoms with van der Waals surface area (Å²) in [6, 6.07) is 117. The zero-order valence-electron chi connectivity index (χ0n) is 44.4. The number of hydrogen-bond acceptors (Lipinski definition) is 0. The molecule has 0 atom stereocenters. The lowest BCUT2D eigenvalue weighted by atomic mass is 9.67. The summed E-state index contributed by atoms with van der Waals surface area (Å²) in [6.07, 6.45) is 0. The van der Waals surface area contributed by atoms with Gasteiger partial charge >= 0.3 is 0 Å². The van der Waals surface area contributed by atoms with Crippen LogP contribution in [0.4, 0.5) is 0 Å². The summed E-state index contributed by atoms with van der Waals surface area (Å²) in [5, 5.41) is 4.96. The third-order valence-electron chi connectivity index (χ3n) is 17.2. The van der Waals surface area contributed by atoms with E-state index in [1.807, 2.05) is 0 Å². The zero-order chi connectivity index (χ0) is 53.4. The van der Waals surface area contributed by atoms with Gasteiger partial charge in [0.1, 0.15) is 0 Å². The summed E-state index contributed by atoms with van der Waals surface area (Å²) in [5.41, 5.74) is 26.3. The predicted molar refractivity (Wildman–Crippen MR) is 340 cm³/mol. The van der Waals surface area contributed by atoms with E-state index in [1.165, 1.54) is 133 Å². The van der Waals surface area contributed by atoms with Crippen molar-refractivity contribution in [2.24, 2.45) is 0 Å². The molecule has 0 saturated carbocycles. The summed E-state index contributed by atoms with van der Waals surface area (Å²) in [7, 11) is 0. The number of nitrogens with zero attached hydrogens (tertiary/aromatic N) is 2. The Morgan fingerprint density at radius 1 is 0.198 bits per heavy atom. The standard InChI is InChI=1S/C79H52N2/c1-3-17-53(18-4-1)55-37-43-63(44-38-55)79(73-29-11-7-25-67(73)68-26-8-12-30-74(68)79)64-23-15-21-59(49-64)57-33-35-58(36-34-57)60-22-16-24-66(50-60)81-76-32-14-10-28-70(76)72-52-62(42-48-78(72)81)61-41-47-77-71(51-61)69-27-9-13-31-75(69)80(77)65-45-39-56(40-46-65)54-19-5-2-6-20-54/h1-52H. The molecule has 0 fully saturated rings. The van der Waals surface area contributed by atoms with Crippen LogP contribution in [0.5, 0.6) is 0 Å². The highest BCUT2D eigenvalue weighted by atomic mass is 15.0. The minimum atomic E-state index is -0.498. The van der Waals surface area contributed by atoms with Gasteiger partial charge in [-0.2, -0.15) is 0 Å². The zero-order valence-corrected chi connectivity index (χ0v) is 44.4. The van der Waals surface area contributed by atoms with Crippen molar-refractivity contribution in [2.75, 3.05) is 0 Å². The maximum Gasteiger partial charge on any atom is 0.0713 e. The second-order valence-corrected chi connectivity index (χ2v) is 21.6. The number of rotatable bonds is 9. The molecule has 0 radical (unpaired) electrons. The number of aromatic nitrogens is 2. The lowest BCUT2D eigenvalue weighted by molar-refractivity contribution is 0.769. The Bertz CT molecular complexity index is 4840. The Morgan fingerprint density at radius 2 is 0.568 bits per heavy atom. The molecule has 2 nitrogen and oxygen atoms in total. The van der Waals surface area contributed by atoms with Crippen LogP contribution in [0.2, 0.25) is 0 Å². The molecule has 0 unspecified atom stereocenters. The molecule has 13 aromatic carbocycles. The highest BCUT2D eigenvalue weighted by Crippen LogP contribution is 2.56. The van der Waals surface area contributed by atoms with Crippen molar-refractivity contribution in [3.8, 4) is 78.1 Å². The Hall–Kier alpha value is -10.5. The maximum atomic E-state index is 2.43. The van der Waals surface area contributed by atoms with E-state index in [-0.39, 0.29) is 0 Å². The van der Waals surface area contributed by atoms with Crippen molar-refractivity contribution in [3.63, 3.8) is 0 Å². The minimum absolute atomic E-state index is 0.498. The molecule has 0 spiro atoms. The van der Waals surface area contributed by atoms with Gasteiger partial charge in [-0.05, 0) is 156 Å². The van der Waals surface area contributed by atoms with Crippen LogP contribution < -0.4 is 0 Å². The lowest BCUT2D eigenvalue weighted by Gasteiger charge is -2.34. The first-order chi connectivity index (χ1) is 40.2. The molecule has 81 heavy (non-hydrogen) atoms. The molecule has 2 heteroatoms. The fourth-order valence-electron chi connectivity index (χ4n) is 13.5. The van der Waals surface area contributed by atoms with Crippen LogP contribution in [-0.2, 0) is 5.41 Å². The molecule has 1 aliphatic rings. The van der Waals surface area contributed by atoms with Crippen LogP contribution in [0.1, 0.15) is 22.3 Å². The van der Waals surface area contributed by atoms with E-state index < -0.39 is 5.41 Å². The normalized spacial score (nSPS) is 12.5. The molecule has 1 aliphatic carbocycles. The van der Waals surface area contributed by atoms with Crippen molar-refractivity contribution in [1.82, 2.24) is 9.13 Å². The van der Waals surface area contributed by atoms with Crippen molar-refractivity contribution in [1.29, 1.82) is 0 Å². The molecule has 0 bridgehead atoms. The van der Waals surface area contributed by atoms with Crippen LogP contribution in [0.25, 0.3) is 122 Å². The van der Waals surface area contributed by atoms with Gasteiger partial charge in [-0.3, -0.25) is 0 Å². The smallest absolute Gasteiger partial charge is 0.0713 e. The second-order valence-electron chi connectivity index (χ2n) is 21.6. The van der Waals surface area contributed by atoms with E-state index >= 15 is 0 Å². The molecule has 0 aliphatic heterocycles. The van der Waals surface area contributed by atoms with Crippen LogP contribution in [0.15, 0.2) is 315 Å². The van der Waals surface area contributed by atoms with Crippen LogP contribution in [0, 0.1) is 0 Å². The lowest BCUT2D eigenvalue weighted by Crippen LogP contribution is -2.28. The first-order valence-electron chi connectivity index (χ1n) is 28.1. The number of fused-ring (bicyclic) bond motifs is 9. The van der Waals surface area contributed by atoms with Gasteiger partial charge in [0.25, 0.3) is 0 Å². The van der Waals surface area contributed by atoms with E-state index in [2.05, 4.69) is 325 Å². The average Bonchev–Trinajstić information content (AvgIpc) is 4.29. The number of hydrogen-bond donors (Lipinski definition) is 0. The predicted octanol–water partition coefficient (Wildman–Crippen LogP) is 20.6. The van der Waals surface area contributed by atoms with Gasteiger partial charge in [-0.1, -0.05) is 249 Å². The average molecular weight is 1030 g/mol. The highest BCUT2D eigenvalue weighted by Gasteiger charge is 2.46. The highest BCUT2D eigenvalue weighted by molar-refractivity contribution is 6.13. The molecule has 0 N–H and O–H groups in total. The van der Waals surface area contributed by atoms with Gasteiger partial charge in [-0.25, -0.2) is 0 Å². The second kappa shape index (κ2) is 18.8. The Balaban J connectivity index is 0.735. The maximum absolute atomic E-state index is 2.43. The molecule has 0 amide bonds. The van der Waals surface area contributed by atoms with Crippen LogP contribution >= 0.6 is 0 Å². The summed E-state index contributed by atoms with van der Waals surface area (Å²) in [5.74, 6) is 0. The SMILES string of the molecule is c1ccc(-c2ccc(-n3c4ccccc4c4cc(-c5ccc6c(c5)c5ccccc5n6-c5cccc(-c6ccc(-c7cccc(C8(c9ccc(-c%10ccccc%10)cc9)c9ccccc9-c9ccccc98)c7)cc6)c5)ccc43)cc2)cc1. The van der Waals surface area contributed by atoms with Crippen LogP contribution in [0.3, 0.4) is 0 Å². The molecule has 2 aromatic heterocycles. The summed E-state index contributed by atoms with van der Waals surface area (Å²) in [4.78, 5) is 0. The minimum Gasteiger partial charge on any atom is -0.309 e. The van der Waals surface area contributed by atoms with Crippen LogP contribution in [-0.4, -0.2) is 9.13 Å². The molecule has 378 valence electrons. The molecular formula is C79H52N2. The first kappa shape index (κ1) is 46.5. The van der Waals surface area contributed by atoms with Crippen molar-refractivity contribution < 1.29 is 0 Å². The molecule has 0 saturated heterocycles. The van der Waals surface area contributed by atoms with E-state index in [9.17, 15) is 0 Å².